The zero-order valence-corrected chi connectivity index (χ0v) is 16.6. The summed E-state index contributed by atoms with van der Waals surface area (Å²) in [5, 5.41) is 9.31. The number of carbonyl (C=O) groups excluding carboxylic acids is 1. The summed E-state index contributed by atoms with van der Waals surface area (Å²) >= 11 is 0. The molecule has 6 nitrogen and oxygen atoms in total. The van der Waals surface area contributed by atoms with Gasteiger partial charge in [0.05, 0.1) is 21.3 Å². The van der Waals surface area contributed by atoms with Gasteiger partial charge in [-0.05, 0) is 38.3 Å². The zero-order chi connectivity index (χ0) is 18.2. The molecule has 0 aliphatic carbocycles. The molecule has 1 aliphatic heterocycles. The van der Waals surface area contributed by atoms with Crippen LogP contribution in [0.3, 0.4) is 0 Å². The quantitative estimate of drug-likeness (QED) is 0.657. The number of benzene rings is 1. The molecule has 2 rings (SSSR count). The van der Waals surface area contributed by atoms with Crippen molar-refractivity contribution < 1.29 is 24.1 Å². The lowest BCUT2D eigenvalue weighted by Gasteiger charge is -2.31. The fourth-order valence-electron chi connectivity index (χ4n) is 3.37. The number of hydrogen-bond donors (Lipinski definition) is 1. The Hall–Kier alpha value is -1.50. The van der Waals surface area contributed by atoms with Gasteiger partial charge in [-0.3, -0.25) is 4.79 Å². The number of halogens is 1. The molecule has 0 aromatic heterocycles. The molecule has 1 aromatic carbocycles. The first-order chi connectivity index (χ1) is 12.1. The summed E-state index contributed by atoms with van der Waals surface area (Å²) in [6, 6.07) is 3.40. The molecule has 7 heteroatoms. The number of methoxy groups -OCH3 is 3. The van der Waals surface area contributed by atoms with E-state index in [4.69, 9.17) is 14.2 Å². The Labute approximate surface area is 161 Å². The SMILES string of the molecule is COc1cc(OC)c(C(=O)CCCN2CCCC(CO)C2)c(OC)c1.Cl. The minimum Gasteiger partial charge on any atom is -0.496 e. The predicted octanol–water partition coefficient (Wildman–Crippen LogP) is 2.80. The summed E-state index contributed by atoms with van der Waals surface area (Å²) in [6.45, 7) is 3.07. The smallest absolute Gasteiger partial charge is 0.170 e. The molecule has 1 N–H and O–H groups in total. The fourth-order valence-corrected chi connectivity index (χ4v) is 3.37. The molecule has 26 heavy (non-hydrogen) atoms. The third-order valence-electron chi connectivity index (χ3n) is 4.73. The van der Waals surface area contributed by atoms with Crippen LogP contribution in [0.4, 0.5) is 0 Å². The molecule has 148 valence electrons. The molecule has 1 fully saturated rings. The second kappa shape index (κ2) is 11.3. The van der Waals surface area contributed by atoms with E-state index in [1.807, 2.05) is 0 Å². The van der Waals surface area contributed by atoms with E-state index in [2.05, 4.69) is 4.90 Å². The highest BCUT2D eigenvalue weighted by atomic mass is 35.5. The molecular weight excluding hydrogens is 358 g/mol. The molecule has 0 bridgehead atoms. The van der Waals surface area contributed by atoms with Crippen LogP contribution in [0, 0.1) is 5.92 Å². The third-order valence-corrected chi connectivity index (χ3v) is 4.73. The standard InChI is InChI=1S/C19H29NO5.ClH/c1-23-15-10-17(24-2)19(18(11-15)25-3)16(22)7-5-9-20-8-4-6-14(12-20)13-21;/h10-11,14,21H,4-9,12-13H2,1-3H3;1H. The van der Waals surface area contributed by atoms with Gasteiger partial charge < -0.3 is 24.2 Å². The number of aliphatic hydroxyl groups excluding tert-OH is 1. The van der Waals surface area contributed by atoms with Gasteiger partial charge in [-0.15, -0.1) is 12.4 Å². The Balaban J connectivity index is 0.00000338. The zero-order valence-electron chi connectivity index (χ0n) is 15.8. The maximum Gasteiger partial charge on any atom is 0.170 e. The highest BCUT2D eigenvalue weighted by molar-refractivity contribution is 6.01. The van der Waals surface area contributed by atoms with Crippen LogP contribution in [-0.4, -0.2) is 63.4 Å². The largest absolute Gasteiger partial charge is 0.496 e. The Bertz CT molecular complexity index is 556. The van der Waals surface area contributed by atoms with E-state index in [1.54, 1.807) is 19.2 Å². The molecule has 0 amide bonds. The van der Waals surface area contributed by atoms with Crippen molar-refractivity contribution in [3.63, 3.8) is 0 Å². The Morgan fingerprint density at radius 3 is 2.38 bits per heavy atom. The van der Waals surface area contributed by atoms with Crippen molar-refractivity contribution in [1.29, 1.82) is 0 Å². The first-order valence-electron chi connectivity index (χ1n) is 8.79. The van der Waals surface area contributed by atoms with E-state index >= 15 is 0 Å². The molecule has 1 saturated heterocycles. The fraction of sp³-hybridized carbons (Fsp3) is 0.632. The van der Waals surface area contributed by atoms with E-state index in [9.17, 15) is 9.90 Å². The second-order valence-electron chi connectivity index (χ2n) is 6.43. The average Bonchev–Trinajstić information content (AvgIpc) is 2.66. The lowest BCUT2D eigenvalue weighted by atomic mass is 9.98. The summed E-state index contributed by atoms with van der Waals surface area (Å²) in [4.78, 5) is 15.0. The number of ketones is 1. The first-order valence-corrected chi connectivity index (χ1v) is 8.79. The summed E-state index contributed by atoms with van der Waals surface area (Å²) in [7, 11) is 4.63. The van der Waals surface area contributed by atoms with Crippen LogP contribution in [-0.2, 0) is 0 Å². The van der Waals surface area contributed by atoms with Gasteiger partial charge in [-0.2, -0.15) is 0 Å². The Kier molecular flexibility index (Phi) is 9.76. The Morgan fingerprint density at radius 2 is 1.85 bits per heavy atom. The van der Waals surface area contributed by atoms with Gasteiger partial charge in [0, 0.05) is 31.7 Å². The number of ether oxygens (including phenoxy) is 3. The van der Waals surface area contributed by atoms with E-state index in [1.165, 1.54) is 14.2 Å². The van der Waals surface area contributed by atoms with Crippen LogP contribution in [0.15, 0.2) is 12.1 Å². The highest BCUT2D eigenvalue weighted by Gasteiger charge is 2.22. The predicted molar refractivity (Wildman–Crippen MR) is 103 cm³/mol. The van der Waals surface area contributed by atoms with Crippen molar-refractivity contribution in [2.75, 3.05) is 47.6 Å². The van der Waals surface area contributed by atoms with E-state index < -0.39 is 0 Å². The van der Waals surface area contributed by atoms with Crippen LogP contribution in [0.1, 0.15) is 36.0 Å². The van der Waals surface area contributed by atoms with Gasteiger partial charge >= 0.3 is 0 Å². The molecule has 0 spiro atoms. The molecule has 1 unspecified atom stereocenters. The van der Waals surface area contributed by atoms with Crippen molar-refractivity contribution in [2.45, 2.75) is 25.7 Å². The molecular formula is C19H30ClNO5. The summed E-state index contributed by atoms with van der Waals surface area (Å²) in [5.74, 6) is 1.91. The maximum absolute atomic E-state index is 12.7. The second-order valence-corrected chi connectivity index (χ2v) is 6.43. The number of piperidine rings is 1. The molecule has 1 heterocycles. The van der Waals surface area contributed by atoms with Crippen molar-refractivity contribution in [3.05, 3.63) is 17.7 Å². The van der Waals surface area contributed by atoms with Gasteiger partial charge in [0.15, 0.2) is 5.78 Å². The minimum atomic E-state index is 0. The molecule has 1 aromatic rings. The average molecular weight is 388 g/mol. The van der Waals surface area contributed by atoms with Gasteiger partial charge in [0.1, 0.15) is 22.8 Å². The lowest BCUT2D eigenvalue weighted by molar-refractivity contribution is 0.0949. The minimum absolute atomic E-state index is 0. The topological polar surface area (TPSA) is 68.2 Å². The number of likely N-dealkylation sites (tertiary alicyclic amines) is 1. The van der Waals surface area contributed by atoms with E-state index in [-0.39, 0.29) is 24.8 Å². The van der Waals surface area contributed by atoms with E-state index in [0.29, 0.717) is 35.2 Å². The number of aliphatic hydroxyl groups is 1. The van der Waals surface area contributed by atoms with Gasteiger partial charge in [0.2, 0.25) is 0 Å². The number of nitrogens with zero attached hydrogens (tertiary/aromatic N) is 1. The monoisotopic (exact) mass is 387 g/mol. The molecule has 0 saturated carbocycles. The van der Waals surface area contributed by atoms with E-state index in [0.717, 1.165) is 38.9 Å². The molecule has 1 aliphatic rings. The van der Waals surface area contributed by atoms with Gasteiger partial charge in [-0.1, -0.05) is 0 Å². The van der Waals surface area contributed by atoms with Crippen LogP contribution in [0.5, 0.6) is 17.2 Å². The summed E-state index contributed by atoms with van der Waals surface area (Å²) < 4.78 is 15.9. The van der Waals surface area contributed by atoms with Crippen molar-refractivity contribution >= 4 is 18.2 Å². The van der Waals surface area contributed by atoms with Crippen molar-refractivity contribution in [2.24, 2.45) is 5.92 Å². The van der Waals surface area contributed by atoms with Gasteiger partial charge in [0.25, 0.3) is 0 Å². The van der Waals surface area contributed by atoms with Crippen molar-refractivity contribution in [3.8, 4) is 17.2 Å². The third kappa shape index (κ3) is 5.76. The number of carbonyl (C=O) groups is 1. The number of hydrogen-bond acceptors (Lipinski definition) is 6. The first kappa shape index (κ1) is 22.5. The summed E-state index contributed by atoms with van der Waals surface area (Å²) in [5.41, 5.74) is 0.470. The van der Waals surface area contributed by atoms with Crippen LogP contribution in [0.25, 0.3) is 0 Å². The van der Waals surface area contributed by atoms with Crippen molar-refractivity contribution in [1.82, 2.24) is 4.90 Å². The van der Waals surface area contributed by atoms with Gasteiger partial charge in [-0.25, -0.2) is 0 Å². The molecule has 1 atom stereocenters. The lowest BCUT2D eigenvalue weighted by Crippen LogP contribution is -2.37. The Morgan fingerprint density at radius 1 is 1.19 bits per heavy atom. The van der Waals surface area contributed by atoms with Crippen LogP contribution >= 0.6 is 12.4 Å². The number of Topliss-reactive ketones (excluding diaryl/α,β-unsaturated/α-hetero) is 1. The number of rotatable bonds is 9. The van der Waals surface area contributed by atoms with Crippen LogP contribution < -0.4 is 14.2 Å². The normalized spacial score (nSPS) is 17.3. The van der Waals surface area contributed by atoms with Crippen LogP contribution in [0.2, 0.25) is 0 Å². The highest BCUT2D eigenvalue weighted by Crippen LogP contribution is 2.35. The molecule has 0 radical (unpaired) electrons. The summed E-state index contributed by atoms with van der Waals surface area (Å²) in [6.07, 6.45) is 3.40. The maximum atomic E-state index is 12.7.